The van der Waals surface area contributed by atoms with Gasteiger partial charge in [0.15, 0.2) is 19.0 Å². The molecule has 0 aliphatic heterocycles. The van der Waals surface area contributed by atoms with E-state index < -0.39 is 31.1 Å². The van der Waals surface area contributed by atoms with Crippen LogP contribution in [0.5, 0.6) is 5.75 Å². The van der Waals surface area contributed by atoms with Gasteiger partial charge in [0.05, 0.1) is 12.2 Å². The van der Waals surface area contributed by atoms with Gasteiger partial charge in [-0.3, -0.25) is 9.59 Å². The summed E-state index contributed by atoms with van der Waals surface area (Å²) < 4.78 is 15.0. The van der Waals surface area contributed by atoms with Crippen molar-refractivity contribution < 1.29 is 33.4 Å². The number of ether oxygens (including phenoxy) is 3. The van der Waals surface area contributed by atoms with Gasteiger partial charge in [0.25, 0.3) is 5.91 Å². The van der Waals surface area contributed by atoms with Crippen LogP contribution in [0.25, 0.3) is 0 Å². The van der Waals surface area contributed by atoms with Crippen LogP contribution in [0, 0.1) is 0 Å². The summed E-state index contributed by atoms with van der Waals surface area (Å²) in [5.74, 6) is -1.49. The molecular formula is C21H21NO7. The van der Waals surface area contributed by atoms with Gasteiger partial charge in [0.2, 0.25) is 0 Å². The summed E-state index contributed by atoms with van der Waals surface area (Å²) in [6.07, 6.45) is 0. The van der Waals surface area contributed by atoms with Crippen LogP contribution in [0.2, 0.25) is 0 Å². The molecule has 2 aromatic rings. The molecule has 8 nitrogen and oxygen atoms in total. The number of anilines is 1. The number of hydrogen-bond acceptors (Lipinski definition) is 7. The predicted octanol–water partition coefficient (Wildman–Crippen LogP) is 2.63. The van der Waals surface area contributed by atoms with E-state index in [1.165, 1.54) is 37.3 Å². The molecule has 0 bridgehead atoms. The number of benzene rings is 2. The van der Waals surface area contributed by atoms with Gasteiger partial charge in [-0.1, -0.05) is 12.1 Å². The first-order chi connectivity index (χ1) is 13.9. The number of nitrogens with one attached hydrogen (secondary N) is 1. The van der Waals surface area contributed by atoms with E-state index in [2.05, 4.69) is 5.32 Å². The molecule has 0 spiro atoms. The molecule has 1 amide bonds. The Labute approximate surface area is 167 Å². The van der Waals surface area contributed by atoms with Crippen LogP contribution in [0.15, 0.2) is 48.5 Å². The molecule has 0 saturated heterocycles. The summed E-state index contributed by atoms with van der Waals surface area (Å²) in [6, 6.07) is 12.5. The summed E-state index contributed by atoms with van der Waals surface area (Å²) in [6.45, 7) is 2.52. The summed E-state index contributed by atoms with van der Waals surface area (Å²) in [5, 5.41) is 2.54. The smallest absolute Gasteiger partial charge is 0.344 e. The SMILES string of the molecule is CCOC(=O)c1ccc(NC(=O)COC(=O)COc2cccc(C(C)=O)c2)cc1. The molecule has 0 heterocycles. The van der Waals surface area contributed by atoms with Crippen molar-refractivity contribution in [3.63, 3.8) is 0 Å². The van der Waals surface area contributed by atoms with Crippen LogP contribution >= 0.6 is 0 Å². The minimum absolute atomic E-state index is 0.120. The number of amides is 1. The Balaban J connectivity index is 1.75. The zero-order chi connectivity index (χ0) is 21.2. The maximum atomic E-state index is 11.9. The van der Waals surface area contributed by atoms with Gasteiger partial charge >= 0.3 is 11.9 Å². The van der Waals surface area contributed by atoms with Crippen LogP contribution in [0.1, 0.15) is 34.6 Å². The van der Waals surface area contributed by atoms with Crippen molar-refractivity contribution >= 4 is 29.3 Å². The first kappa shape index (κ1) is 21.6. The van der Waals surface area contributed by atoms with Gasteiger partial charge in [-0.2, -0.15) is 0 Å². The zero-order valence-electron chi connectivity index (χ0n) is 16.1. The lowest BCUT2D eigenvalue weighted by Gasteiger charge is -2.09. The molecule has 0 unspecified atom stereocenters. The number of Topliss-reactive ketones (excluding diaryl/α,β-unsaturated/α-hetero) is 1. The largest absolute Gasteiger partial charge is 0.482 e. The van der Waals surface area contributed by atoms with E-state index >= 15 is 0 Å². The Morgan fingerprint density at radius 1 is 0.897 bits per heavy atom. The van der Waals surface area contributed by atoms with Crippen molar-refractivity contribution in [2.75, 3.05) is 25.1 Å². The highest BCUT2D eigenvalue weighted by Crippen LogP contribution is 2.14. The van der Waals surface area contributed by atoms with Crippen molar-refractivity contribution in [1.82, 2.24) is 0 Å². The molecule has 8 heteroatoms. The Morgan fingerprint density at radius 2 is 1.62 bits per heavy atom. The van der Waals surface area contributed by atoms with Gasteiger partial charge in [-0.25, -0.2) is 9.59 Å². The molecule has 1 N–H and O–H groups in total. The third kappa shape index (κ3) is 7.10. The second-order valence-corrected chi connectivity index (χ2v) is 5.88. The second-order valence-electron chi connectivity index (χ2n) is 5.88. The van der Waals surface area contributed by atoms with Crippen LogP contribution in [-0.4, -0.2) is 43.4 Å². The fraction of sp³-hybridized carbons (Fsp3) is 0.238. The molecule has 0 radical (unpaired) electrons. The third-order valence-corrected chi connectivity index (χ3v) is 3.64. The highest BCUT2D eigenvalue weighted by Gasteiger charge is 2.11. The van der Waals surface area contributed by atoms with Gasteiger partial charge in [0.1, 0.15) is 5.75 Å². The minimum Gasteiger partial charge on any atom is -0.482 e. The molecule has 29 heavy (non-hydrogen) atoms. The molecule has 0 aliphatic rings. The molecule has 0 aliphatic carbocycles. The van der Waals surface area contributed by atoms with Crippen LogP contribution in [0.3, 0.4) is 0 Å². The first-order valence-electron chi connectivity index (χ1n) is 8.85. The number of rotatable bonds is 9. The van der Waals surface area contributed by atoms with Crippen molar-refractivity contribution in [1.29, 1.82) is 0 Å². The third-order valence-electron chi connectivity index (χ3n) is 3.64. The highest BCUT2D eigenvalue weighted by atomic mass is 16.6. The summed E-state index contributed by atoms with van der Waals surface area (Å²) in [4.78, 5) is 46.5. The first-order valence-corrected chi connectivity index (χ1v) is 8.85. The zero-order valence-corrected chi connectivity index (χ0v) is 16.1. The molecule has 152 valence electrons. The predicted molar refractivity (Wildman–Crippen MR) is 104 cm³/mol. The summed E-state index contributed by atoms with van der Waals surface area (Å²) in [7, 11) is 0. The summed E-state index contributed by atoms with van der Waals surface area (Å²) >= 11 is 0. The van der Waals surface area contributed by atoms with Crippen molar-refractivity contribution in [2.45, 2.75) is 13.8 Å². The minimum atomic E-state index is -0.731. The van der Waals surface area contributed by atoms with E-state index in [4.69, 9.17) is 14.2 Å². The van der Waals surface area contributed by atoms with Crippen molar-refractivity contribution in [3.8, 4) is 5.75 Å². The molecule has 2 aromatic carbocycles. The number of carbonyl (C=O) groups excluding carboxylic acids is 4. The van der Waals surface area contributed by atoms with E-state index in [1.54, 1.807) is 25.1 Å². The molecule has 0 aromatic heterocycles. The van der Waals surface area contributed by atoms with Crippen molar-refractivity contribution in [2.24, 2.45) is 0 Å². The fourth-order valence-electron chi connectivity index (χ4n) is 2.24. The lowest BCUT2D eigenvalue weighted by molar-refractivity contribution is -0.149. The quantitative estimate of drug-likeness (QED) is 0.510. The van der Waals surface area contributed by atoms with E-state index in [0.717, 1.165) is 0 Å². The lowest BCUT2D eigenvalue weighted by atomic mass is 10.1. The van der Waals surface area contributed by atoms with Crippen LogP contribution in [-0.2, 0) is 19.1 Å². The number of hydrogen-bond donors (Lipinski definition) is 1. The fourth-order valence-corrected chi connectivity index (χ4v) is 2.24. The maximum Gasteiger partial charge on any atom is 0.344 e. The Morgan fingerprint density at radius 3 is 2.28 bits per heavy atom. The standard InChI is InChI=1S/C21H21NO7/c1-3-27-21(26)15-7-9-17(10-8-15)22-19(24)12-29-20(25)13-28-18-6-4-5-16(11-18)14(2)23/h4-11H,3,12-13H2,1-2H3,(H,22,24). The van der Waals surface area contributed by atoms with Crippen LogP contribution < -0.4 is 10.1 Å². The average Bonchev–Trinajstić information content (AvgIpc) is 2.71. The van der Waals surface area contributed by atoms with Gasteiger partial charge in [-0.05, 0) is 50.2 Å². The molecule has 0 fully saturated rings. The number of esters is 2. The van der Waals surface area contributed by atoms with E-state index in [0.29, 0.717) is 22.6 Å². The van der Waals surface area contributed by atoms with E-state index in [9.17, 15) is 19.2 Å². The molecule has 0 saturated carbocycles. The highest BCUT2D eigenvalue weighted by molar-refractivity contribution is 5.95. The second kappa shape index (κ2) is 10.6. The van der Waals surface area contributed by atoms with Gasteiger partial charge in [0, 0.05) is 11.3 Å². The summed E-state index contributed by atoms with van der Waals surface area (Å²) in [5.41, 5.74) is 1.27. The van der Waals surface area contributed by atoms with Crippen LogP contribution in [0.4, 0.5) is 5.69 Å². The molecule has 2 rings (SSSR count). The molecular weight excluding hydrogens is 378 g/mol. The van der Waals surface area contributed by atoms with E-state index in [-0.39, 0.29) is 12.4 Å². The topological polar surface area (TPSA) is 108 Å². The Kier molecular flexibility index (Phi) is 7.90. The van der Waals surface area contributed by atoms with Crippen molar-refractivity contribution in [3.05, 3.63) is 59.7 Å². The number of ketones is 1. The maximum absolute atomic E-state index is 11.9. The normalized spacial score (nSPS) is 10.0. The van der Waals surface area contributed by atoms with Gasteiger partial charge in [-0.15, -0.1) is 0 Å². The number of carbonyl (C=O) groups is 4. The lowest BCUT2D eigenvalue weighted by Crippen LogP contribution is -2.23. The molecule has 0 atom stereocenters. The average molecular weight is 399 g/mol. The van der Waals surface area contributed by atoms with E-state index in [1.807, 2.05) is 0 Å². The Bertz CT molecular complexity index is 890. The Hall–Kier alpha value is -3.68. The monoisotopic (exact) mass is 399 g/mol. The van der Waals surface area contributed by atoms with Gasteiger partial charge < -0.3 is 19.5 Å².